The van der Waals surface area contributed by atoms with Crippen LogP contribution in [0.5, 0.6) is 11.5 Å². The number of aromatic amines is 1. The Hall–Kier alpha value is -2.58. The standard InChI is InChI=1S/C20H22ClFN4O2S/c1-3-5-18-24-25-20(29)26(18)23-11-13-6-4-7-17(27-2)19(13)28-12-14-8-9-15(22)10-16(14)21/h4,6-10,23H,3,5,11-12H2,1-2H3,(H,25,29). The van der Waals surface area contributed by atoms with Crippen LogP contribution in [0.25, 0.3) is 0 Å². The van der Waals surface area contributed by atoms with Crippen LogP contribution in [-0.2, 0) is 19.6 Å². The van der Waals surface area contributed by atoms with Crippen LogP contribution >= 0.6 is 23.8 Å². The second kappa shape index (κ2) is 9.76. The summed E-state index contributed by atoms with van der Waals surface area (Å²) in [6.07, 6.45) is 1.75. The molecule has 3 aromatic rings. The molecule has 0 fully saturated rings. The Morgan fingerprint density at radius 2 is 2.10 bits per heavy atom. The lowest BCUT2D eigenvalue weighted by Gasteiger charge is -2.17. The molecular weight excluding hydrogens is 415 g/mol. The van der Waals surface area contributed by atoms with E-state index >= 15 is 0 Å². The van der Waals surface area contributed by atoms with Gasteiger partial charge in [0.05, 0.1) is 18.7 Å². The van der Waals surface area contributed by atoms with Crippen molar-refractivity contribution < 1.29 is 13.9 Å². The number of halogens is 2. The zero-order chi connectivity index (χ0) is 20.8. The van der Waals surface area contributed by atoms with Crippen molar-refractivity contribution >= 4 is 23.8 Å². The molecule has 0 atom stereocenters. The molecule has 0 saturated heterocycles. The smallest absolute Gasteiger partial charge is 0.214 e. The fraction of sp³-hybridized carbons (Fsp3) is 0.300. The van der Waals surface area contributed by atoms with Crippen molar-refractivity contribution in [2.45, 2.75) is 32.9 Å². The molecule has 9 heteroatoms. The van der Waals surface area contributed by atoms with Gasteiger partial charge in [0.1, 0.15) is 12.4 Å². The van der Waals surface area contributed by atoms with Crippen molar-refractivity contribution in [2.75, 3.05) is 12.5 Å². The first-order valence-corrected chi connectivity index (χ1v) is 9.94. The van der Waals surface area contributed by atoms with Gasteiger partial charge in [0.2, 0.25) is 4.77 Å². The van der Waals surface area contributed by atoms with Gasteiger partial charge in [-0.3, -0.25) is 5.10 Å². The summed E-state index contributed by atoms with van der Waals surface area (Å²) >= 11 is 11.4. The van der Waals surface area contributed by atoms with Crippen LogP contribution in [0, 0.1) is 10.6 Å². The van der Waals surface area contributed by atoms with Gasteiger partial charge in [0.25, 0.3) is 0 Å². The molecule has 29 heavy (non-hydrogen) atoms. The third kappa shape index (κ3) is 5.07. The first kappa shape index (κ1) is 21.1. The van der Waals surface area contributed by atoms with Gasteiger partial charge in [-0.2, -0.15) is 5.10 Å². The van der Waals surface area contributed by atoms with Crippen molar-refractivity contribution in [3.63, 3.8) is 0 Å². The molecule has 154 valence electrons. The quantitative estimate of drug-likeness (QED) is 0.461. The number of hydrogen-bond acceptors (Lipinski definition) is 5. The number of aromatic nitrogens is 3. The van der Waals surface area contributed by atoms with Crippen molar-refractivity contribution in [1.29, 1.82) is 0 Å². The molecule has 0 aliphatic rings. The minimum atomic E-state index is -0.388. The van der Waals surface area contributed by atoms with E-state index < -0.39 is 0 Å². The molecule has 0 spiro atoms. The first-order valence-electron chi connectivity index (χ1n) is 9.16. The van der Waals surface area contributed by atoms with E-state index in [1.807, 2.05) is 18.2 Å². The van der Waals surface area contributed by atoms with Crippen LogP contribution in [0.1, 0.15) is 30.3 Å². The number of rotatable bonds is 9. The number of para-hydroxylation sites is 1. The van der Waals surface area contributed by atoms with Gasteiger partial charge in [0.15, 0.2) is 17.3 Å². The Balaban J connectivity index is 1.81. The van der Waals surface area contributed by atoms with Crippen LogP contribution in [-0.4, -0.2) is 22.0 Å². The summed E-state index contributed by atoms with van der Waals surface area (Å²) in [6.45, 7) is 2.70. The lowest BCUT2D eigenvalue weighted by Crippen LogP contribution is -2.18. The first-order chi connectivity index (χ1) is 14.0. The maximum atomic E-state index is 13.3. The van der Waals surface area contributed by atoms with Gasteiger partial charge in [-0.05, 0) is 36.8 Å². The van der Waals surface area contributed by atoms with Gasteiger partial charge in [0, 0.05) is 17.5 Å². The Morgan fingerprint density at radius 3 is 2.83 bits per heavy atom. The van der Waals surface area contributed by atoms with Crippen molar-refractivity contribution in [3.05, 3.63) is 69.0 Å². The minimum absolute atomic E-state index is 0.179. The third-order valence-electron chi connectivity index (χ3n) is 4.31. The van der Waals surface area contributed by atoms with Crippen molar-refractivity contribution in [1.82, 2.24) is 14.9 Å². The van der Waals surface area contributed by atoms with Crippen molar-refractivity contribution in [3.8, 4) is 11.5 Å². The topological polar surface area (TPSA) is 64.1 Å². The molecule has 1 heterocycles. The third-order valence-corrected chi connectivity index (χ3v) is 4.94. The molecule has 0 aliphatic carbocycles. The SMILES string of the molecule is CCCc1n[nH]c(=S)n1NCc1cccc(OC)c1OCc1ccc(F)cc1Cl. The molecule has 0 unspecified atom stereocenters. The fourth-order valence-electron chi connectivity index (χ4n) is 2.86. The van der Waals surface area contributed by atoms with Crippen LogP contribution < -0.4 is 14.9 Å². The normalized spacial score (nSPS) is 10.8. The maximum Gasteiger partial charge on any atom is 0.214 e. The van der Waals surface area contributed by atoms with Gasteiger partial charge < -0.3 is 14.9 Å². The molecule has 0 bridgehead atoms. The highest BCUT2D eigenvalue weighted by Crippen LogP contribution is 2.32. The van der Waals surface area contributed by atoms with E-state index in [-0.39, 0.29) is 12.4 Å². The van der Waals surface area contributed by atoms with Gasteiger partial charge >= 0.3 is 0 Å². The summed E-state index contributed by atoms with van der Waals surface area (Å²) in [6, 6.07) is 9.85. The van der Waals surface area contributed by atoms with E-state index in [1.165, 1.54) is 12.1 Å². The van der Waals surface area contributed by atoms with Crippen molar-refractivity contribution in [2.24, 2.45) is 0 Å². The summed E-state index contributed by atoms with van der Waals surface area (Å²) in [5, 5.41) is 7.37. The average Bonchev–Trinajstić information content (AvgIpc) is 3.05. The molecule has 2 aromatic carbocycles. The number of benzene rings is 2. The maximum absolute atomic E-state index is 13.3. The number of methoxy groups -OCH3 is 1. The average molecular weight is 437 g/mol. The summed E-state index contributed by atoms with van der Waals surface area (Å²) < 4.78 is 27.0. The van der Waals surface area contributed by atoms with Gasteiger partial charge in [-0.1, -0.05) is 36.7 Å². The Morgan fingerprint density at radius 1 is 1.28 bits per heavy atom. The molecular formula is C20H22ClFN4O2S. The molecule has 3 rings (SSSR count). The molecule has 1 aromatic heterocycles. The highest BCUT2D eigenvalue weighted by atomic mass is 35.5. The molecule has 0 radical (unpaired) electrons. The summed E-state index contributed by atoms with van der Waals surface area (Å²) in [5.41, 5.74) is 4.83. The number of nitrogens with zero attached hydrogens (tertiary/aromatic N) is 2. The zero-order valence-electron chi connectivity index (χ0n) is 16.2. The summed E-state index contributed by atoms with van der Waals surface area (Å²) in [7, 11) is 1.58. The van der Waals surface area contributed by atoms with Gasteiger partial charge in [-0.25, -0.2) is 9.07 Å². The lowest BCUT2D eigenvalue weighted by atomic mass is 10.2. The molecule has 6 nitrogen and oxygen atoms in total. The number of ether oxygens (including phenoxy) is 2. The molecule has 0 aliphatic heterocycles. The van der Waals surface area contributed by atoms with Crippen LogP contribution in [0.15, 0.2) is 36.4 Å². The second-order valence-corrected chi connectivity index (χ2v) is 7.13. The van der Waals surface area contributed by atoms with E-state index in [1.54, 1.807) is 17.9 Å². The molecule has 0 amide bonds. The predicted molar refractivity (Wildman–Crippen MR) is 113 cm³/mol. The highest BCUT2D eigenvalue weighted by Gasteiger charge is 2.13. The lowest BCUT2D eigenvalue weighted by molar-refractivity contribution is 0.281. The van der Waals surface area contributed by atoms with Crippen LogP contribution in [0.3, 0.4) is 0 Å². The predicted octanol–water partition coefficient (Wildman–Crippen LogP) is 5.02. The van der Waals surface area contributed by atoms with Crippen LogP contribution in [0.4, 0.5) is 4.39 Å². The van der Waals surface area contributed by atoms with Gasteiger partial charge in [-0.15, -0.1) is 0 Å². The number of H-pyrrole nitrogens is 1. The highest BCUT2D eigenvalue weighted by molar-refractivity contribution is 7.71. The van der Waals surface area contributed by atoms with E-state index in [2.05, 4.69) is 22.5 Å². The minimum Gasteiger partial charge on any atom is -0.493 e. The summed E-state index contributed by atoms with van der Waals surface area (Å²) in [4.78, 5) is 0. The molecule has 2 N–H and O–H groups in total. The van der Waals surface area contributed by atoms with E-state index in [0.717, 1.165) is 24.2 Å². The Kier molecular flexibility index (Phi) is 7.11. The number of nitrogens with one attached hydrogen (secondary N) is 2. The van der Waals surface area contributed by atoms with E-state index in [4.69, 9.17) is 33.3 Å². The zero-order valence-corrected chi connectivity index (χ0v) is 17.7. The number of hydrogen-bond donors (Lipinski definition) is 2. The molecule has 0 saturated carbocycles. The Bertz CT molecular complexity index is 1040. The summed E-state index contributed by atoms with van der Waals surface area (Å²) in [5.74, 6) is 1.61. The number of aryl methyl sites for hydroxylation is 1. The monoisotopic (exact) mass is 436 g/mol. The largest absolute Gasteiger partial charge is 0.493 e. The Labute approximate surface area is 178 Å². The van der Waals surface area contributed by atoms with E-state index in [0.29, 0.717) is 33.4 Å². The van der Waals surface area contributed by atoms with E-state index in [9.17, 15) is 4.39 Å². The fourth-order valence-corrected chi connectivity index (χ4v) is 3.30. The second-order valence-electron chi connectivity index (χ2n) is 6.34. The van der Waals surface area contributed by atoms with Crippen LogP contribution in [0.2, 0.25) is 5.02 Å².